The van der Waals surface area contributed by atoms with Crippen LogP contribution in [0.2, 0.25) is 0 Å². The first-order valence-electron chi connectivity index (χ1n) is 7.10. The van der Waals surface area contributed by atoms with Crippen molar-refractivity contribution in [2.24, 2.45) is 0 Å². The van der Waals surface area contributed by atoms with E-state index in [4.69, 9.17) is 4.42 Å². The molecule has 6 nitrogen and oxygen atoms in total. The van der Waals surface area contributed by atoms with Crippen LogP contribution in [0.25, 0.3) is 22.4 Å². The molecule has 0 saturated heterocycles. The lowest BCUT2D eigenvalue weighted by Crippen LogP contribution is -1.87. The van der Waals surface area contributed by atoms with E-state index in [2.05, 4.69) is 15.2 Å². The van der Waals surface area contributed by atoms with Crippen LogP contribution in [0.4, 0.5) is 0 Å². The lowest BCUT2D eigenvalue weighted by molar-refractivity contribution is 0.403. The summed E-state index contributed by atoms with van der Waals surface area (Å²) in [4.78, 5) is 3.31. The summed E-state index contributed by atoms with van der Waals surface area (Å²) in [6.45, 7) is 0. The van der Waals surface area contributed by atoms with Crippen molar-refractivity contribution in [3.63, 3.8) is 0 Å². The molecule has 3 N–H and O–H groups in total. The van der Waals surface area contributed by atoms with Crippen molar-refractivity contribution in [1.29, 1.82) is 0 Å². The van der Waals surface area contributed by atoms with Gasteiger partial charge in [-0.2, -0.15) is 0 Å². The van der Waals surface area contributed by atoms with Gasteiger partial charge in [-0.15, -0.1) is 10.2 Å². The normalized spacial score (nSPS) is 11.1. The summed E-state index contributed by atoms with van der Waals surface area (Å²) in [6, 6.07) is 14.4. The number of phenolic OH excluding ortho intramolecular Hbond substituents is 2. The maximum atomic E-state index is 9.54. The number of phenols is 2. The summed E-state index contributed by atoms with van der Waals surface area (Å²) < 4.78 is 5.63. The Bertz CT molecular complexity index is 955. The monoisotopic (exact) mass is 307 g/mol. The first-order valence-corrected chi connectivity index (χ1v) is 7.10. The number of aromatic nitrogens is 3. The third-order valence-electron chi connectivity index (χ3n) is 3.62. The summed E-state index contributed by atoms with van der Waals surface area (Å²) >= 11 is 0. The molecule has 6 heteroatoms. The van der Waals surface area contributed by atoms with Gasteiger partial charge in [0, 0.05) is 16.8 Å². The molecule has 0 atom stereocenters. The van der Waals surface area contributed by atoms with E-state index in [0.717, 1.165) is 16.6 Å². The van der Waals surface area contributed by atoms with Gasteiger partial charge in [0.1, 0.15) is 0 Å². The summed E-state index contributed by atoms with van der Waals surface area (Å²) in [5.41, 5.74) is 2.59. The lowest BCUT2D eigenvalue weighted by Gasteiger charge is -1.98. The van der Waals surface area contributed by atoms with Crippen molar-refractivity contribution in [1.82, 2.24) is 15.2 Å². The van der Waals surface area contributed by atoms with Gasteiger partial charge < -0.3 is 19.6 Å². The summed E-state index contributed by atoms with van der Waals surface area (Å²) in [6.07, 6.45) is 0.492. The van der Waals surface area contributed by atoms with Crippen molar-refractivity contribution < 1.29 is 14.6 Å². The molecule has 0 aliphatic rings. The zero-order valence-corrected chi connectivity index (χ0v) is 12.0. The molecule has 2 aromatic heterocycles. The third-order valence-corrected chi connectivity index (χ3v) is 3.62. The topological polar surface area (TPSA) is 95.2 Å². The van der Waals surface area contributed by atoms with E-state index in [0.29, 0.717) is 23.8 Å². The summed E-state index contributed by atoms with van der Waals surface area (Å²) in [5.74, 6) is 0.356. The van der Waals surface area contributed by atoms with Crippen molar-refractivity contribution in [2.75, 3.05) is 0 Å². The van der Waals surface area contributed by atoms with E-state index in [1.165, 1.54) is 12.1 Å². The number of aromatic hydroxyl groups is 2. The Hall–Kier alpha value is -3.28. The molecule has 0 aliphatic carbocycles. The molecule has 4 aromatic rings. The van der Waals surface area contributed by atoms with Gasteiger partial charge in [-0.25, -0.2) is 0 Å². The van der Waals surface area contributed by atoms with Crippen LogP contribution in [-0.4, -0.2) is 25.4 Å². The predicted molar refractivity (Wildman–Crippen MR) is 84.2 cm³/mol. The minimum absolute atomic E-state index is 0.188. The smallest absolute Gasteiger partial charge is 0.247 e. The van der Waals surface area contributed by atoms with Gasteiger partial charge in [-0.1, -0.05) is 18.2 Å². The lowest BCUT2D eigenvalue weighted by atomic mass is 10.2. The van der Waals surface area contributed by atoms with E-state index >= 15 is 0 Å². The Morgan fingerprint density at radius 1 is 0.957 bits per heavy atom. The molecule has 4 rings (SSSR count). The largest absolute Gasteiger partial charge is 0.504 e. The predicted octanol–water partition coefficient (Wildman–Crippen LogP) is 3.22. The Labute approximate surface area is 131 Å². The minimum atomic E-state index is -0.224. The molecule has 2 heterocycles. The van der Waals surface area contributed by atoms with Crippen molar-refractivity contribution in [3.8, 4) is 23.0 Å². The van der Waals surface area contributed by atoms with Gasteiger partial charge >= 0.3 is 0 Å². The third kappa shape index (κ3) is 2.50. The van der Waals surface area contributed by atoms with Crippen LogP contribution in [0.5, 0.6) is 11.5 Å². The highest BCUT2D eigenvalue weighted by molar-refractivity contribution is 5.80. The number of rotatable bonds is 3. The summed E-state index contributed by atoms with van der Waals surface area (Å²) in [5, 5.41) is 28.0. The zero-order valence-electron chi connectivity index (χ0n) is 12.0. The molecule has 23 heavy (non-hydrogen) atoms. The number of hydrogen-bond acceptors (Lipinski definition) is 5. The highest BCUT2D eigenvalue weighted by Crippen LogP contribution is 2.30. The van der Waals surface area contributed by atoms with Crippen LogP contribution in [0.15, 0.2) is 52.9 Å². The first kappa shape index (κ1) is 13.4. The second kappa shape index (κ2) is 5.17. The first-order chi connectivity index (χ1) is 11.2. The van der Waals surface area contributed by atoms with E-state index in [1.807, 2.05) is 30.3 Å². The zero-order chi connectivity index (χ0) is 15.8. The average molecular weight is 307 g/mol. The second-order valence-electron chi connectivity index (χ2n) is 5.26. The number of H-pyrrole nitrogens is 1. The average Bonchev–Trinajstić information content (AvgIpc) is 3.16. The number of para-hydroxylation sites is 1. The van der Waals surface area contributed by atoms with Crippen LogP contribution in [-0.2, 0) is 6.42 Å². The van der Waals surface area contributed by atoms with Crippen LogP contribution < -0.4 is 0 Å². The van der Waals surface area contributed by atoms with E-state index < -0.39 is 0 Å². The Kier molecular flexibility index (Phi) is 3.01. The number of fused-ring (bicyclic) bond motifs is 1. The van der Waals surface area contributed by atoms with E-state index in [1.54, 1.807) is 6.07 Å². The van der Waals surface area contributed by atoms with Gasteiger partial charge in [-0.05, 0) is 35.7 Å². The number of aromatic amines is 1. The van der Waals surface area contributed by atoms with Crippen molar-refractivity contribution >= 4 is 10.9 Å². The van der Waals surface area contributed by atoms with Crippen LogP contribution in [0.1, 0.15) is 11.6 Å². The van der Waals surface area contributed by atoms with E-state index in [-0.39, 0.29) is 11.5 Å². The van der Waals surface area contributed by atoms with Crippen molar-refractivity contribution in [3.05, 3.63) is 60.1 Å². The highest BCUT2D eigenvalue weighted by atomic mass is 16.4. The standard InChI is InChI=1S/C17H13N3O3/c21-14-6-5-11(8-15(14)22)17-20-19-16(23-17)9-12-7-10-3-1-2-4-13(10)18-12/h1-8,18,21-22H,9H2. The molecule has 0 spiro atoms. The second-order valence-corrected chi connectivity index (χ2v) is 5.26. The molecule has 0 fully saturated rings. The van der Waals surface area contributed by atoms with Gasteiger partial charge in [0.25, 0.3) is 0 Å². The Balaban J connectivity index is 1.61. The van der Waals surface area contributed by atoms with Crippen LogP contribution in [0, 0.1) is 0 Å². The molecular formula is C17H13N3O3. The number of hydrogen-bond donors (Lipinski definition) is 3. The number of benzene rings is 2. The minimum Gasteiger partial charge on any atom is -0.504 e. The van der Waals surface area contributed by atoms with Crippen LogP contribution >= 0.6 is 0 Å². The molecular weight excluding hydrogens is 294 g/mol. The number of nitrogens with zero attached hydrogens (tertiary/aromatic N) is 2. The Morgan fingerprint density at radius 3 is 2.65 bits per heavy atom. The fourth-order valence-corrected chi connectivity index (χ4v) is 2.49. The van der Waals surface area contributed by atoms with Crippen LogP contribution in [0.3, 0.4) is 0 Å². The maximum Gasteiger partial charge on any atom is 0.247 e. The quantitative estimate of drug-likeness (QED) is 0.505. The molecule has 0 radical (unpaired) electrons. The Morgan fingerprint density at radius 2 is 1.83 bits per heavy atom. The highest BCUT2D eigenvalue weighted by Gasteiger charge is 2.12. The van der Waals surface area contributed by atoms with Gasteiger partial charge in [0.05, 0.1) is 6.42 Å². The molecule has 2 aromatic carbocycles. The van der Waals surface area contributed by atoms with Gasteiger partial charge in [0.15, 0.2) is 11.5 Å². The fraction of sp³-hybridized carbons (Fsp3) is 0.0588. The van der Waals surface area contributed by atoms with Gasteiger partial charge in [0.2, 0.25) is 11.8 Å². The summed E-state index contributed by atoms with van der Waals surface area (Å²) in [7, 11) is 0. The fourth-order valence-electron chi connectivity index (χ4n) is 2.49. The van der Waals surface area contributed by atoms with Gasteiger partial charge in [-0.3, -0.25) is 0 Å². The molecule has 0 amide bonds. The van der Waals surface area contributed by atoms with E-state index in [9.17, 15) is 10.2 Å². The molecule has 0 saturated carbocycles. The molecule has 0 bridgehead atoms. The number of nitrogens with one attached hydrogen (secondary N) is 1. The molecule has 114 valence electrons. The SMILES string of the molecule is Oc1ccc(-c2nnc(Cc3cc4ccccc4[nH]3)o2)cc1O. The van der Waals surface area contributed by atoms with Crippen molar-refractivity contribution in [2.45, 2.75) is 6.42 Å². The maximum absolute atomic E-state index is 9.54. The molecule has 0 aliphatic heterocycles. The molecule has 0 unspecified atom stereocenters.